The predicted molar refractivity (Wildman–Crippen MR) is 103 cm³/mol. The fraction of sp³-hybridized carbons (Fsp3) is 0.211. The van der Waals surface area contributed by atoms with Gasteiger partial charge >= 0.3 is 0 Å². The van der Waals surface area contributed by atoms with Gasteiger partial charge in [0.1, 0.15) is 5.82 Å². The number of amides is 1. The molecule has 0 aliphatic rings. The molecule has 0 unspecified atom stereocenters. The number of nitrogens with one attached hydrogen (secondary N) is 1. The zero-order valence-electron chi connectivity index (χ0n) is 14.6. The third-order valence-corrected chi connectivity index (χ3v) is 4.35. The Hall–Kier alpha value is -2.77. The van der Waals surface area contributed by atoms with Gasteiger partial charge in [0.25, 0.3) is 0 Å². The van der Waals surface area contributed by atoms with E-state index in [9.17, 15) is 9.90 Å². The molecule has 1 atom stereocenters. The number of carbonyl (C=O) groups excluding carboxylic acids is 1. The minimum Gasteiger partial charge on any atom is -0.386 e. The van der Waals surface area contributed by atoms with E-state index in [4.69, 9.17) is 12.2 Å². The second kappa shape index (κ2) is 7.63. The van der Waals surface area contributed by atoms with Crippen molar-refractivity contribution in [3.8, 4) is 5.69 Å². The van der Waals surface area contributed by atoms with Gasteiger partial charge in [-0.05, 0) is 42.9 Å². The summed E-state index contributed by atoms with van der Waals surface area (Å²) in [5.41, 5.74) is 2.31. The van der Waals surface area contributed by atoms with Gasteiger partial charge in [-0.3, -0.25) is 9.36 Å². The van der Waals surface area contributed by atoms with E-state index >= 15 is 0 Å². The lowest BCUT2D eigenvalue weighted by molar-refractivity contribution is -0.114. The first-order chi connectivity index (χ1) is 12.5. The molecule has 0 bridgehead atoms. The van der Waals surface area contributed by atoms with E-state index in [1.54, 1.807) is 4.68 Å². The fourth-order valence-corrected chi connectivity index (χ4v) is 3.16. The van der Waals surface area contributed by atoms with Crippen molar-refractivity contribution in [2.75, 3.05) is 5.32 Å². The number of anilines is 1. The molecule has 6 nitrogen and oxygen atoms in total. The van der Waals surface area contributed by atoms with Crippen molar-refractivity contribution in [1.29, 1.82) is 0 Å². The van der Waals surface area contributed by atoms with Crippen molar-refractivity contribution in [1.82, 2.24) is 14.3 Å². The van der Waals surface area contributed by atoms with Gasteiger partial charge in [-0.1, -0.05) is 36.4 Å². The van der Waals surface area contributed by atoms with Gasteiger partial charge in [-0.25, -0.2) is 4.68 Å². The van der Waals surface area contributed by atoms with E-state index in [1.807, 2.05) is 66.1 Å². The van der Waals surface area contributed by atoms with Crippen molar-refractivity contribution in [3.63, 3.8) is 0 Å². The molecule has 0 saturated carbocycles. The highest BCUT2D eigenvalue weighted by Gasteiger charge is 2.14. The van der Waals surface area contributed by atoms with Gasteiger partial charge in [0.2, 0.25) is 10.7 Å². The van der Waals surface area contributed by atoms with Gasteiger partial charge in [0, 0.05) is 12.6 Å². The Balaban J connectivity index is 1.91. The lowest BCUT2D eigenvalue weighted by Gasteiger charge is -2.11. The van der Waals surface area contributed by atoms with Gasteiger partial charge in [-0.15, -0.1) is 0 Å². The van der Waals surface area contributed by atoms with Crippen LogP contribution in [-0.2, 0) is 11.3 Å². The summed E-state index contributed by atoms with van der Waals surface area (Å²) in [6, 6.07) is 16.8. The summed E-state index contributed by atoms with van der Waals surface area (Å²) in [7, 11) is 0. The van der Waals surface area contributed by atoms with Gasteiger partial charge in [-0.2, -0.15) is 5.10 Å². The quantitative estimate of drug-likeness (QED) is 0.677. The van der Waals surface area contributed by atoms with Crippen LogP contribution >= 0.6 is 12.2 Å². The number of hydrogen-bond donors (Lipinski definition) is 2. The number of aromatic nitrogens is 3. The summed E-state index contributed by atoms with van der Waals surface area (Å²) < 4.78 is 3.92. The normalized spacial score (nSPS) is 12.0. The Morgan fingerprint density at radius 3 is 2.65 bits per heavy atom. The molecule has 26 heavy (non-hydrogen) atoms. The van der Waals surface area contributed by atoms with E-state index in [1.165, 1.54) is 6.92 Å². The molecule has 3 aromatic rings. The van der Waals surface area contributed by atoms with Crippen molar-refractivity contribution in [2.24, 2.45) is 0 Å². The first kappa shape index (κ1) is 18.0. The first-order valence-electron chi connectivity index (χ1n) is 8.23. The Labute approximate surface area is 156 Å². The second-order valence-electron chi connectivity index (χ2n) is 6.01. The lowest BCUT2D eigenvalue weighted by atomic mass is 10.1. The minimum absolute atomic E-state index is 0.135. The Bertz CT molecular complexity index is 979. The Morgan fingerprint density at radius 2 is 1.96 bits per heavy atom. The number of carbonyl (C=O) groups is 1. The van der Waals surface area contributed by atoms with Crippen LogP contribution in [0.1, 0.15) is 24.4 Å². The molecule has 134 valence electrons. The van der Waals surface area contributed by atoms with Gasteiger partial charge < -0.3 is 10.4 Å². The van der Waals surface area contributed by atoms with Crippen molar-refractivity contribution < 1.29 is 9.90 Å². The average Bonchev–Trinajstić information content (AvgIpc) is 2.89. The molecule has 2 aromatic carbocycles. The maximum Gasteiger partial charge on any atom is 0.221 e. The van der Waals surface area contributed by atoms with Crippen LogP contribution in [0.4, 0.5) is 5.69 Å². The van der Waals surface area contributed by atoms with Crippen molar-refractivity contribution in [2.45, 2.75) is 26.5 Å². The van der Waals surface area contributed by atoms with E-state index in [0.29, 0.717) is 16.3 Å². The molecule has 1 aromatic heterocycles. The highest BCUT2D eigenvalue weighted by Crippen LogP contribution is 2.19. The molecule has 0 fully saturated rings. The topological polar surface area (TPSA) is 72.1 Å². The maximum atomic E-state index is 11.3. The summed E-state index contributed by atoms with van der Waals surface area (Å²) in [5.74, 6) is 0.569. The van der Waals surface area contributed by atoms with E-state index < -0.39 is 6.10 Å². The van der Waals surface area contributed by atoms with Crippen LogP contribution in [0.2, 0.25) is 0 Å². The summed E-state index contributed by atoms with van der Waals surface area (Å²) in [4.78, 5) is 11.3. The number of hydrogen-bond acceptors (Lipinski definition) is 4. The highest BCUT2D eigenvalue weighted by atomic mass is 32.1. The minimum atomic E-state index is -0.698. The average molecular weight is 368 g/mol. The van der Waals surface area contributed by atoms with E-state index in [-0.39, 0.29) is 12.5 Å². The summed E-state index contributed by atoms with van der Waals surface area (Å²) in [6.45, 7) is 3.58. The fourth-order valence-electron chi connectivity index (χ4n) is 2.80. The molecular formula is C19H20N4O2S. The molecule has 0 aliphatic heterocycles. The molecule has 0 saturated heterocycles. The SMILES string of the molecule is CC(=O)Nc1cccc(-n2c(C)nn(C[C@@H](O)c3ccccc3)c2=S)c1. The van der Waals surface area contributed by atoms with Crippen LogP contribution in [-0.4, -0.2) is 25.4 Å². The van der Waals surface area contributed by atoms with Crippen LogP contribution in [0.3, 0.4) is 0 Å². The van der Waals surface area contributed by atoms with Crippen LogP contribution in [0.25, 0.3) is 5.69 Å². The first-order valence-corrected chi connectivity index (χ1v) is 8.64. The number of nitrogens with zero attached hydrogens (tertiary/aromatic N) is 3. The lowest BCUT2D eigenvalue weighted by Crippen LogP contribution is -2.10. The van der Waals surface area contributed by atoms with Crippen molar-refractivity contribution >= 4 is 23.8 Å². The van der Waals surface area contributed by atoms with Crippen LogP contribution < -0.4 is 5.32 Å². The molecule has 1 heterocycles. The monoisotopic (exact) mass is 368 g/mol. The largest absolute Gasteiger partial charge is 0.386 e. The molecule has 0 aliphatic carbocycles. The number of rotatable bonds is 5. The van der Waals surface area contributed by atoms with E-state index in [0.717, 1.165) is 11.3 Å². The molecule has 0 radical (unpaired) electrons. The second-order valence-corrected chi connectivity index (χ2v) is 6.37. The van der Waals surface area contributed by atoms with Crippen molar-refractivity contribution in [3.05, 3.63) is 70.8 Å². The van der Waals surface area contributed by atoms with E-state index in [2.05, 4.69) is 10.4 Å². The standard InChI is InChI=1S/C19H20N4O2S/c1-13-21-22(12-18(25)15-7-4-3-5-8-15)19(26)23(13)17-10-6-9-16(11-17)20-14(2)24/h3-11,18,25H,12H2,1-2H3,(H,20,24)/t18-/m1/s1. The van der Waals surface area contributed by atoms with Gasteiger partial charge in [0.05, 0.1) is 18.3 Å². The number of aliphatic hydroxyl groups is 1. The number of aryl methyl sites for hydroxylation is 1. The zero-order chi connectivity index (χ0) is 18.7. The molecule has 1 amide bonds. The maximum absolute atomic E-state index is 11.3. The number of benzene rings is 2. The third-order valence-electron chi connectivity index (χ3n) is 3.96. The zero-order valence-corrected chi connectivity index (χ0v) is 15.4. The predicted octanol–water partition coefficient (Wildman–Crippen LogP) is 3.40. The molecular weight excluding hydrogens is 348 g/mol. The van der Waals surface area contributed by atoms with Crippen LogP contribution in [0.5, 0.6) is 0 Å². The molecule has 7 heteroatoms. The highest BCUT2D eigenvalue weighted by molar-refractivity contribution is 7.71. The van der Waals surface area contributed by atoms with Gasteiger partial charge in [0.15, 0.2) is 0 Å². The molecule has 3 rings (SSSR count). The Morgan fingerprint density at radius 1 is 1.23 bits per heavy atom. The molecule has 2 N–H and O–H groups in total. The summed E-state index contributed by atoms with van der Waals surface area (Å²) in [5, 5.41) is 17.7. The Kier molecular flexibility index (Phi) is 5.29. The molecule has 0 spiro atoms. The van der Waals surface area contributed by atoms with Crippen LogP contribution in [0.15, 0.2) is 54.6 Å². The van der Waals surface area contributed by atoms with Crippen LogP contribution in [0, 0.1) is 11.7 Å². The summed E-state index contributed by atoms with van der Waals surface area (Å²) in [6.07, 6.45) is -0.698. The smallest absolute Gasteiger partial charge is 0.221 e. The third kappa shape index (κ3) is 3.89. The number of aliphatic hydroxyl groups excluding tert-OH is 1. The summed E-state index contributed by atoms with van der Waals surface area (Å²) >= 11 is 5.56.